The molecular formula is C16H26N4O2. The van der Waals surface area contributed by atoms with E-state index in [1.54, 1.807) is 0 Å². The van der Waals surface area contributed by atoms with E-state index < -0.39 is 0 Å². The molecule has 6 nitrogen and oxygen atoms in total. The summed E-state index contributed by atoms with van der Waals surface area (Å²) in [5.74, 6) is 1.66. The lowest BCUT2D eigenvalue weighted by atomic mass is 10.0. The highest BCUT2D eigenvalue weighted by Crippen LogP contribution is 2.35. The van der Waals surface area contributed by atoms with Gasteiger partial charge in [-0.2, -0.15) is 4.98 Å². The van der Waals surface area contributed by atoms with E-state index in [9.17, 15) is 4.79 Å². The molecule has 0 N–H and O–H groups in total. The molecule has 2 fully saturated rings. The third-order valence-electron chi connectivity index (χ3n) is 5.11. The quantitative estimate of drug-likeness (QED) is 0.854. The summed E-state index contributed by atoms with van der Waals surface area (Å²) in [4.78, 5) is 21.1. The Bertz CT molecular complexity index is 530. The first-order valence-electron chi connectivity index (χ1n) is 8.47. The fourth-order valence-corrected chi connectivity index (χ4v) is 4.04. The van der Waals surface area contributed by atoms with E-state index in [0.29, 0.717) is 30.2 Å². The van der Waals surface area contributed by atoms with Crippen LogP contribution in [0.25, 0.3) is 0 Å². The van der Waals surface area contributed by atoms with Gasteiger partial charge in [0.1, 0.15) is 0 Å². The molecule has 0 unspecified atom stereocenters. The standard InChI is InChI=1S/C16H26N4O2/c1-4-15(21)20-10-6-8-14(20)13-7-5-9-19(13)11(2)16-17-12(3)18-22-16/h11,13-14H,4-10H2,1-3H3/t11-,13-,14-/m1/s1. The van der Waals surface area contributed by atoms with Gasteiger partial charge in [0.15, 0.2) is 5.82 Å². The Labute approximate surface area is 131 Å². The van der Waals surface area contributed by atoms with Crippen LogP contribution in [0.5, 0.6) is 0 Å². The number of carbonyl (C=O) groups excluding carboxylic acids is 1. The minimum absolute atomic E-state index is 0.118. The molecule has 2 aliphatic rings. The first kappa shape index (κ1) is 15.5. The van der Waals surface area contributed by atoms with Crippen molar-refractivity contribution in [2.24, 2.45) is 0 Å². The zero-order chi connectivity index (χ0) is 15.7. The van der Waals surface area contributed by atoms with Crippen LogP contribution in [0.15, 0.2) is 4.52 Å². The van der Waals surface area contributed by atoms with Crippen LogP contribution in [-0.2, 0) is 4.79 Å². The first-order chi connectivity index (χ1) is 10.6. The summed E-state index contributed by atoms with van der Waals surface area (Å²) in [5.41, 5.74) is 0. The van der Waals surface area contributed by atoms with E-state index in [-0.39, 0.29) is 11.9 Å². The zero-order valence-corrected chi connectivity index (χ0v) is 13.8. The Morgan fingerprint density at radius 1 is 1.32 bits per heavy atom. The van der Waals surface area contributed by atoms with Crippen LogP contribution in [0.1, 0.15) is 63.7 Å². The van der Waals surface area contributed by atoms with Crippen molar-refractivity contribution in [3.63, 3.8) is 0 Å². The first-order valence-corrected chi connectivity index (χ1v) is 8.47. The third-order valence-corrected chi connectivity index (χ3v) is 5.11. The zero-order valence-electron chi connectivity index (χ0n) is 13.8. The van der Waals surface area contributed by atoms with E-state index in [4.69, 9.17) is 4.52 Å². The predicted molar refractivity (Wildman–Crippen MR) is 82.2 cm³/mol. The second kappa shape index (κ2) is 6.36. The van der Waals surface area contributed by atoms with Gasteiger partial charge in [-0.3, -0.25) is 9.69 Å². The summed E-state index contributed by atoms with van der Waals surface area (Å²) in [6, 6.07) is 0.884. The van der Waals surface area contributed by atoms with Gasteiger partial charge in [-0.15, -0.1) is 0 Å². The van der Waals surface area contributed by atoms with Gasteiger partial charge in [-0.1, -0.05) is 12.1 Å². The molecule has 0 bridgehead atoms. The summed E-state index contributed by atoms with van der Waals surface area (Å²) in [7, 11) is 0. The Hall–Kier alpha value is -1.43. The maximum Gasteiger partial charge on any atom is 0.243 e. The summed E-state index contributed by atoms with van der Waals surface area (Å²) in [6.07, 6.45) is 5.15. The molecule has 1 aromatic rings. The Balaban J connectivity index is 1.76. The van der Waals surface area contributed by atoms with Crippen LogP contribution in [0.3, 0.4) is 0 Å². The van der Waals surface area contributed by atoms with E-state index >= 15 is 0 Å². The Kier molecular flexibility index (Phi) is 4.47. The fraction of sp³-hybridized carbons (Fsp3) is 0.812. The van der Waals surface area contributed by atoms with Crippen LogP contribution in [0, 0.1) is 6.92 Å². The lowest BCUT2D eigenvalue weighted by Gasteiger charge is -2.36. The number of hydrogen-bond acceptors (Lipinski definition) is 5. The molecule has 122 valence electrons. The molecule has 1 amide bonds. The SMILES string of the molecule is CCC(=O)N1CCC[C@@H]1[C@H]1CCCN1[C@H](C)c1nc(C)no1. The average Bonchev–Trinajstić information content (AvgIpc) is 3.24. The molecule has 0 aromatic carbocycles. The Morgan fingerprint density at radius 2 is 2.05 bits per heavy atom. The molecule has 2 saturated heterocycles. The van der Waals surface area contributed by atoms with Gasteiger partial charge in [0, 0.05) is 25.0 Å². The topological polar surface area (TPSA) is 62.5 Å². The van der Waals surface area contributed by atoms with Crippen molar-refractivity contribution in [1.82, 2.24) is 19.9 Å². The number of carbonyl (C=O) groups is 1. The third kappa shape index (κ3) is 2.76. The van der Waals surface area contributed by atoms with Crippen LogP contribution in [-0.4, -0.2) is 51.0 Å². The monoisotopic (exact) mass is 306 g/mol. The molecular weight excluding hydrogens is 280 g/mol. The van der Waals surface area contributed by atoms with Gasteiger partial charge in [0.2, 0.25) is 11.8 Å². The van der Waals surface area contributed by atoms with E-state index in [0.717, 1.165) is 32.4 Å². The smallest absolute Gasteiger partial charge is 0.243 e. The van der Waals surface area contributed by atoms with E-state index in [1.807, 2.05) is 13.8 Å². The second-order valence-electron chi connectivity index (χ2n) is 6.45. The number of aryl methyl sites for hydroxylation is 1. The number of likely N-dealkylation sites (tertiary alicyclic amines) is 2. The molecule has 3 rings (SSSR count). The summed E-state index contributed by atoms with van der Waals surface area (Å²) >= 11 is 0. The van der Waals surface area contributed by atoms with Crippen molar-refractivity contribution in [1.29, 1.82) is 0 Å². The summed E-state index contributed by atoms with van der Waals surface area (Å²) in [6.45, 7) is 7.88. The van der Waals surface area contributed by atoms with Gasteiger partial charge in [-0.25, -0.2) is 0 Å². The summed E-state index contributed by atoms with van der Waals surface area (Å²) < 4.78 is 5.36. The van der Waals surface area contributed by atoms with Crippen molar-refractivity contribution in [3.8, 4) is 0 Å². The van der Waals surface area contributed by atoms with Crippen molar-refractivity contribution in [2.75, 3.05) is 13.1 Å². The molecule has 3 atom stereocenters. The molecule has 22 heavy (non-hydrogen) atoms. The lowest BCUT2D eigenvalue weighted by Crippen LogP contribution is -2.48. The van der Waals surface area contributed by atoms with Gasteiger partial charge in [0.25, 0.3) is 0 Å². The molecule has 0 aliphatic carbocycles. The number of rotatable bonds is 4. The highest BCUT2D eigenvalue weighted by Gasteiger charge is 2.41. The minimum atomic E-state index is 0.118. The predicted octanol–water partition coefficient (Wildman–Crippen LogP) is 2.30. The largest absolute Gasteiger partial charge is 0.338 e. The molecule has 0 spiro atoms. The fourth-order valence-electron chi connectivity index (χ4n) is 4.04. The number of aromatic nitrogens is 2. The number of nitrogens with zero attached hydrogens (tertiary/aromatic N) is 4. The molecule has 1 aromatic heterocycles. The van der Waals surface area contributed by atoms with Crippen molar-refractivity contribution in [2.45, 2.75) is 71.0 Å². The van der Waals surface area contributed by atoms with Gasteiger partial charge < -0.3 is 9.42 Å². The molecule has 0 saturated carbocycles. The molecule has 2 aliphatic heterocycles. The van der Waals surface area contributed by atoms with Gasteiger partial charge in [0.05, 0.1) is 6.04 Å². The van der Waals surface area contributed by atoms with Crippen LogP contribution in [0.2, 0.25) is 0 Å². The number of amides is 1. The molecule has 0 radical (unpaired) electrons. The van der Waals surface area contributed by atoms with Crippen LogP contribution in [0.4, 0.5) is 0 Å². The summed E-state index contributed by atoms with van der Waals surface area (Å²) in [5, 5.41) is 3.91. The van der Waals surface area contributed by atoms with Gasteiger partial charge >= 0.3 is 0 Å². The van der Waals surface area contributed by atoms with E-state index in [2.05, 4.69) is 26.9 Å². The molecule has 3 heterocycles. The van der Waals surface area contributed by atoms with Crippen LogP contribution < -0.4 is 0 Å². The van der Waals surface area contributed by atoms with Gasteiger partial charge in [-0.05, 0) is 46.1 Å². The highest BCUT2D eigenvalue weighted by atomic mass is 16.5. The Morgan fingerprint density at radius 3 is 2.73 bits per heavy atom. The average molecular weight is 306 g/mol. The van der Waals surface area contributed by atoms with Crippen molar-refractivity contribution in [3.05, 3.63) is 11.7 Å². The minimum Gasteiger partial charge on any atom is -0.338 e. The maximum atomic E-state index is 12.2. The van der Waals surface area contributed by atoms with Crippen molar-refractivity contribution >= 4 is 5.91 Å². The lowest BCUT2D eigenvalue weighted by molar-refractivity contribution is -0.132. The van der Waals surface area contributed by atoms with Crippen LogP contribution >= 0.6 is 0 Å². The second-order valence-corrected chi connectivity index (χ2v) is 6.45. The normalized spacial score (nSPS) is 27.5. The maximum absolute atomic E-state index is 12.2. The molecule has 6 heteroatoms. The highest BCUT2D eigenvalue weighted by molar-refractivity contribution is 5.76. The van der Waals surface area contributed by atoms with E-state index in [1.165, 1.54) is 6.42 Å². The number of hydrogen-bond donors (Lipinski definition) is 0. The van der Waals surface area contributed by atoms with Crippen molar-refractivity contribution < 1.29 is 9.32 Å².